The highest BCUT2D eigenvalue weighted by molar-refractivity contribution is 9.10. The molecule has 0 radical (unpaired) electrons. The third-order valence-electron chi connectivity index (χ3n) is 2.90. The molecule has 2 aromatic rings. The van der Waals surface area contributed by atoms with Gasteiger partial charge in [-0.1, -0.05) is 38.9 Å². The number of hydrogen-bond donors (Lipinski definition) is 2. The van der Waals surface area contributed by atoms with Crippen molar-refractivity contribution in [2.24, 2.45) is 0 Å². The second-order valence-corrected chi connectivity index (χ2v) is 7.51. The number of ether oxygens (including phenoxy) is 1. The molecule has 2 rings (SSSR count). The average Bonchev–Trinajstić information content (AvgIpc) is 2.98. The second kappa shape index (κ2) is 9.60. The van der Waals surface area contributed by atoms with E-state index < -0.39 is 18.5 Å². The average molecular weight is 462 g/mol. The van der Waals surface area contributed by atoms with E-state index in [1.54, 1.807) is 25.1 Å². The number of amides is 2. The summed E-state index contributed by atoms with van der Waals surface area (Å²) in [5, 5.41) is 14.0. The van der Waals surface area contributed by atoms with Gasteiger partial charge in [-0.25, -0.2) is 0 Å². The van der Waals surface area contributed by atoms with Gasteiger partial charge in [-0.3, -0.25) is 14.4 Å². The number of aryl methyl sites for hydroxylation is 1. The maximum Gasteiger partial charge on any atom is 0.306 e. The Kier molecular flexibility index (Phi) is 7.49. The van der Waals surface area contributed by atoms with Crippen molar-refractivity contribution in [3.8, 4) is 0 Å². The highest BCUT2D eigenvalue weighted by Gasteiger charge is 2.13. The van der Waals surface area contributed by atoms with E-state index in [1.165, 1.54) is 11.3 Å². The van der Waals surface area contributed by atoms with E-state index in [0.29, 0.717) is 15.8 Å². The number of benzene rings is 1. The summed E-state index contributed by atoms with van der Waals surface area (Å²) in [7, 11) is 0. The van der Waals surface area contributed by atoms with E-state index in [1.807, 2.05) is 0 Å². The molecule has 0 aliphatic heterocycles. The molecule has 0 aliphatic rings. The molecule has 8 nitrogen and oxygen atoms in total. The second-order valence-electron chi connectivity index (χ2n) is 5.01. The quantitative estimate of drug-likeness (QED) is 0.613. The lowest BCUT2D eigenvalue weighted by atomic mass is 10.3. The number of esters is 1. The zero-order valence-corrected chi connectivity index (χ0v) is 16.7. The molecular weight excluding hydrogens is 448 g/mol. The third kappa shape index (κ3) is 6.70. The van der Waals surface area contributed by atoms with Crippen molar-refractivity contribution < 1.29 is 19.1 Å². The molecule has 2 amide bonds. The van der Waals surface area contributed by atoms with Crippen LogP contribution in [0.4, 0.5) is 10.8 Å². The molecule has 2 N–H and O–H groups in total. The van der Waals surface area contributed by atoms with Crippen LogP contribution in [0.25, 0.3) is 0 Å². The van der Waals surface area contributed by atoms with Crippen LogP contribution in [0.2, 0.25) is 5.02 Å². The molecular formula is C15H14BrClN4O4S. The number of aromatic nitrogens is 2. The molecule has 0 atom stereocenters. The maximum atomic E-state index is 11.8. The van der Waals surface area contributed by atoms with Gasteiger partial charge in [0.15, 0.2) is 6.61 Å². The Morgan fingerprint density at radius 2 is 1.96 bits per heavy atom. The highest BCUT2D eigenvalue weighted by Crippen LogP contribution is 2.25. The number of rotatable bonds is 7. The van der Waals surface area contributed by atoms with Crippen molar-refractivity contribution in [2.45, 2.75) is 19.8 Å². The first-order valence-electron chi connectivity index (χ1n) is 7.34. The Morgan fingerprint density at radius 3 is 2.62 bits per heavy atom. The van der Waals surface area contributed by atoms with Crippen LogP contribution in [-0.4, -0.2) is 34.6 Å². The van der Waals surface area contributed by atoms with Gasteiger partial charge >= 0.3 is 5.97 Å². The Balaban J connectivity index is 1.69. The van der Waals surface area contributed by atoms with Crippen molar-refractivity contribution in [1.82, 2.24) is 10.2 Å². The summed E-state index contributed by atoms with van der Waals surface area (Å²) >= 11 is 10.5. The smallest absolute Gasteiger partial charge is 0.306 e. The normalized spacial score (nSPS) is 10.3. The molecule has 0 aliphatic carbocycles. The largest absolute Gasteiger partial charge is 0.456 e. The Hall–Kier alpha value is -2.04. The van der Waals surface area contributed by atoms with Crippen LogP contribution in [-0.2, 0) is 19.1 Å². The van der Waals surface area contributed by atoms with Gasteiger partial charge in [0.05, 0.1) is 17.1 Å². The van der Waals surface area contributed by atoms with Crippen LogP contribution in [0.15, 0.2) is 22.7 Å². The minimum absolute atomic E-state index is 0.0857. The molecule has 26 heavy (non-hydrogen) atoms. The van der Waals surface area contributed by atoms with Gasteiger partial charge in [-0.05, 0) is 25.1 Å². The third-order valence-corrected chi connectivity index (χ3v) is 4.46. The van der Waals surface area contributed by atoms with Gasteiger partial charge in [0.25, 0.3) is 5.91 Å². The number of hydrogen-bond acceptors (Lipinski definition) is 7. The number of carbonyl (C=O) groups excluding carboxylic acids is 3. The van der Waals surface area contributed by atoms with Crippen LogP contribution in [0.5, 0.6) is 0 Å². The molecule has 1 heterocycles. The molecule has 1 aromatic heterocycles. The summed E-state index contributed by atoms with van der Waals surface area (Å²) < 4.78 is 5.61. The minimum atomic E-state index is -0.661. The molecule has 0 saturated heterocycles. The molecule has 0 bridgehead atoms. The summed E-state index contributed by atoms with van der Waals surface area (Å²) in [6, 6.07) is 4.96. The fraction of sp³-hybridized carbons (Fsp3) is 0.267. The summed E-state index contributed by atoms with van der Waals surface area (Å²) in [5.74, 6) is -1.58. The lowest BCUT2D eigenvalue weighted by Gasteiger charge is -2.08. The van der Waals surface area contributed by atoms with Crippen LogP contribution in [0, 0.1) is 6.92 Å². The van der Waals surface area contributed by atoms with Crippen LogP contribution in [0.3, 0.4) is 0 Å². The van der Waals surface area contributed by atoms with Crippen LogP contribution in [0.1, 0.15) is 17.8 Å². The molecule has 11 heteroatoms. The molecule has 0 unspecified atom stereocenters. The minimum Gasteiger partial charge on any atom is -0.456 e. The van der Waals surface area contributed by atoms with Crippen molar-refractivity contribution in [3.05, 3.63) is 32.7 Å². The van der Waals surface area contributed by atoms with Crippen molar-refractivity contribution in [1.29, 1.82) is 0 Å². The van der Waals surface area contributed by atoms with E-state index in [0.717, 1.165) is 9.48 Å². The molecule has 0 saturated carbocycles. The Morgan fingerprint density at radius 1 is 1.19 bits per heavy atom. The lowest BCUT2D eigenvalue weighted by molar-refractivity contribution is -0.147. The topological polar surface area (TPSA) is 110 Å². The first-order chi connectivity index (χ1) is 12.3. The van der Waals surface area contributed by atoms with Crippen LogP contribution < -0.4 is 10.6 Å². The number of anilines is 2. The van der Waals surface area contributed by atoms with Gasteiger partial charge in [0, 0.05) is 10.9 Å². The summed E-state index contributed by atoms with van der Waals surface area (Å²) in [6.45, 7) is 1.29. The summed E-state index contributed by atoms with van der Waals surface area (Å²) in [6.07, 6.45) is -0.243. The van der Waals surface area contributed by atoms with E-state index in [9.17, 15) is 14.4 Å². The standard InChI is InChI=1S/C15H14BrClN4O4S/c1-8-20-21-15(26-8)19-12(22)4-5-14(24)25-7-13(23)18-11-3-2-9(16)6-10(11)17/h2-3,6H,4-5,7H2,1H3,(H,18,23)(H,19,21,22). The van der Waals surface area contributed by atoms with Crippen molar-refractivity contribution in [3.63, 3.8) is 0 Å². The van der Waals surface area contributed by atoms with Gasteiger partial charge in [0.1, 0.15) is 5.01 Å². The number of nitrogens with zero attached hydrogens (tertiary/aromatic N) is 2. The van der Waals surface area contributed by atoms with Gasteiger partial charge < -0.3 is 15.4 Å². The van der Waals surface area contributed by atoms with Gasteiger partial charge in [-0.2, -0.15) is 0 Å². The highest BCUT2D eigenvalue weighted by atomic mass is 79.9. The fourth-order valence-electron chi connectivity index (χ4n) is 1.74. The van der Waals surface area contributed by atoms with Gasteiger partial charge in [0.2, 0.25) is 11.0 Å². The van der Waals surface area contributed by atoms with E-state index in [-0.39, 0.29) is 18.7 Å². The van der Waals surface area contributed by atoms with E-state index >= 15 is 0 Å². The van der Waals surface area contributed by atoms with E-state index in [2.05, 4.69) is 36.8 Å². The molecule has 1 aromatic carbocycles. The Labute approximate surface area is 166 Å². The monoisotopic (exact) mass is 460 g/mol. The SMILES string of the molecule is Cc1nnc(NC(=O)CCC(=O)OCC(=O)Nc2ccc(Br)cc2Cl)s1. The molecule has 0 spiro atoms. The predicted octanol–water partition coefficient (Wildman–Crippen LogP) is 3.16. The van der Waals surface area contributed by atoms with Crippen molar-refractivity contribution >= 4 is 67.5 Å². The summed E-state index contributed by atoms with van der Waals surface area (Å²) in [4.78, 5) is 35.1. The lowest BCUT2D eigenvalue weighted by Crippen LogP contribution is -2.22. The number of halogens is 2. The fourth-order valence-corrected chi connectivity index (χ4v) is 3.07. The zero-order chi connectivity index (χ0) is 19.1. The zero-order valence-electron chi connectivity index (χ0n) is 13.5. The molecule has 0 fully saturated rings. The first-order valence-corrected chi connectivity index (χ1v) is 9.32. The maximum absolute atomic E-state index is 11.8. The first kappa shape index (κ1) is 20.3. The number of nitrogens with one attached hydrogen (secondary N) is 2. The van der Waals surface area contributed by atoms with Crippen molar-refractivity contribution in [2.75, 3.05) is 17.2 Å². The summed E-state index contributed by atoms with van der Waals surface area (Å²) in [5.41, 5.74) is 0.405. The van der Waals surface area contributed by atoms with E-state index in [4.69, 9.17) is 16.3 Å². The Bertz CT molecular complexity index is 830. The van der Waals surface area contributed by atoms with Crippen LogP contribution >= 0.6 is 38.9 Å². The number of carbonyl (C=O) groups is 3. The van der Waals surface area contributed by atoms with Gasteiger partial charge in [-0.15, -0.1) is 10.2 Å². The molecule has 138 valence electrons. The predicted molar refractivity (Wildman–Crippen MR) is 101 cm³/mol.